The minimum absolute atomic E-state index is 0.185. The number of aryl methyl sites for hydroxylation is 1. The summed E-state index contributed by atoms with van der Waals surface area (Å²) in [6, 6.07) is 1.46. The Bertz CT molecular complexity index is 519. The molecule has 0 bridgehead atoms. The van der Waals surface area contributed by atoms with Crippen LogP contribution < -0.4 is 10.9 Å². The van der Waals surface area contributed by atoms with E-state index in [2.05, 4.69) is 10.4 Å². The van der Waals surface area contributed by atoms with Crippen LogP contribution in [0.2, 0.25) is 0 Å². The molecule has 1 N–H and O–H groups in total. The molecule has 0 saturated heterocycles. The maximum absolute atomic E-state index is 11.7. The van der Waals surface area contributed by atoms with Crippen LogP contribution in [0.15, 0.2) is 17.1 Å². The minimum atomic E-state index is -0.506. The molecule has 0 radical (unpaired) electrons. The fraction of sp³-hybridized carbons (Fsp3) is 0.615. The number of anilines is 1. The SMILES string of the molecule is CN(CCNc1cnn(C)c(=O)c1)C(=O)OC(C)(C)C. The van der Waals surface area contributed by atoms with Gasteiger partial charge in [0, 0.05) is 33.3 Å². The zero-order chi connectivity index (χ0) is 15.3. The van der Waals surface area contributed by atoms with Gasteiger partial charge in [-0.3, -0.25) is 4.79 Å². The first-order chi connectivity index (χ1) is 9.19. The summed E-state index contributed by atoms with van der Waals surface area (Å²) in [6.45, 7) is 6.43. The first-order valence-electron chi connectivity index (χ1n) is 6.40. The zero-order valence-electron chi connectivity index (χ0n) is 12.6. The first-order valence-corrected chi connectivity index (χ1v) is 6.40. The number of hydrogen-bond donors (Lipinski definition) is 1. The molecule has 7 nitrogen and oxygen atoms in total. The molecule has 0 spiro atoms. The number of ether oxygens (including phenoxy) is 1. The number of nitrogens with zero attached hydrogens (tertiary/aromatic N) is 3. The van der Waals surface area contributed by atoms with Crippen LogP contribution in [0.3, 0.4) is 0 Å². The third-order valence-electron chi connectivity index (χ3n) is 2.45. The molecule has 0 aliphatic carbocycles. The van der Waals surface area contributed by atoms with E-state index in [1.54, 1.807) is 20.3 Å². The van der Waals surface area contributed by atoms with Gasteiger partial charge in [-0.25, -0.2) is 9.48 Å². The molecule has 0 atom stereocenters. The molecule has 1 aromatic heterocycles. The second-order valence-electron chi connectivity index (χ2n) is 5.53. The molecule has 1 rings (SSSR count). The van der Waals surface area contributed by atoms with E-state index < -0.39 is 5.60 Å². The van der Waals surface area contributed by atoms with Gasteiger partial charge in [0.05, 0.1) is 11.9 Å². The normalized spacial score (nSPS) is 11.1. The average molecular weight is 282 g/mol. The second-order valence-corrected chi connectivity index (χ2v) is 5.53. The molecule has 1 aromatic rings. The van der Waals surface area contributed by atoms with E-state index in [1.165, 1.54) is 15.6 Å². The Morgan fingerprint density at radius 1 is 1.50 bits per heavy atom. The van der Waals surface area contributed by atoms with Crippen molar-refractivity contribution in [2.75, 3.05) is 25.5 Å². The highest BCUT2D eigenvalue weighted by atomic mass is 16.6. The van der Waals surface area contributed by atoms with Crippen LogP contribution in [-0.2, 0) is 11.8 Å². The van der Waals surface area contributed by atoms with Gasteiger partial charge in [0.2, 0.25) is 0 Å². The van der Waals surface area contributed by atoms with Crippen molar-refractivity contribution in [3.8, 4) is 0 Å². The zero-order valence-corrected chi connectivity index (χ0v) is 12.6. The lowest BCUT2D eigenvalue weighted by atomic mass is 10.2. The van der Waals surface area contributed by atoms with Crippen LogP contribution in [0.5, 0.6) is 0 Å². The molecule has 1 heterocycles. The highest BCUT2D eigenvalue weighted by Gasteiger charge is 2.19. The van der Waals surface area contributed by atoms with Gasteiger partial charge >= 0.3 is 6.09 Å². The predicted octanol–water partition coefficient (Wildman–Crippen LogP) is 1.06. The van der Waals surface area contributed by atoms with Gasteiger partial charge in [0.15, 0.2) is 0 Å². The van der Waals surface area contributed by atoms with Crippen LogP contribution in [0, 0.1) is 0 Å². The molecule has 0 aromatic carbocycles. The summed E-state index contributed by atoms with van der Waals surface area (Å²) < 4.78 is 6.48. The lowest BCUT2D eigenvalue weighted by Crippen LogP contribution is -2.36. The van der Waals surface area contributed by atoms with Gasteiger partial charge in [-0.2, -0.15) is 5.10 Å². The molecule has 0 fully saturated rings. The summed E-state index contributed by atoms with van der Waals surface area (Å²) in [4.78, 5) is 24.6. The van der Waals surface area contributed by atoms with Gasteiger partial charge in [-0.05, 0) is 20.8 Å². The van der Waals surface area contributed by atoms with Gasteiger partial charge < -0.3 is 15.0 Å². The summed E-state index contributed by atoms with van der Waals surface area (Å²) >= 11 is 0. The quantitative estimate of drug-likeness (QED) is 0.893. The Morgan fingerprint density at radius 2 is 2.15 bits per heavy atom. The van der Waals surface area contributed by atoms with Crippen molar-refractivity contribution in [3.05, 3.63) is 22.6 Å². The molecular formula is C13H22N4O3. The number of aromatic nitrogens is 2. The molecular weight excluding hydrogens is 260 g/mol. The molecule has 20 heavy (non-hydrogen) atoms. The van der Waals surface area contributed by atoms with E-state index in [0.717, 1.165) is 0 Å². The minimum Gasteiger partial charge on any atom is -0.444 e. The summed E-state index contributed by atoms with van der Waals surface area (Å²) in [6.07, 6.45) is 1.19. The lowest BCUT2D eigenvalue weighted by Gasteiger charge is -2.24. The van der Waals surface area contributed by atoms with Crippen molar-refractivity contribution in [1.29, 1.82) is 0 Å². The Hall–Kier alpha value is -2.05. The van der Waals surface area contributed by atoms with Gasteiger partial charge in [-0.1, -0.05) is 0 Å². The highest BCUT2D eigenvalue weighted by molar-refractivity contribution is 5.67. The summed E-state index contributed by atoms with van der Waals surface area (Å²) in [5, 5.41) is 6.93. The number of amides is 1. The van der Waals surface area contributed by atoms with Gasteiger partial charge in [0.25, 0.3) is 5.56 Å². The Labute approximate surface area is 118 Å². The average Bonchev–Trinajstić information content (AvgIpc) is 2.31. The third kappa shape index (κ3) is 5.29. The molecule has 0 aliphatic heterocycles. The Morgan fingerprint density at radius 3 is 2.70 bits per heavy atom. The molecule has 1 amide bonds. The number of nitrogens with one attached hydrogen (secondary N) is 1. The maximum Gasteiger partial charge on any atom is 0.410 e. The molecule has 112 valence electrons. The first kappa shape index (κ1) is 16.0. The largest absolute Gasteiger partial charge is 0.444 e. The third-order valence-corrected chi connectivity index (χ3v) is 2.45. The number of hydrogen-bond acceptors (Lipinski definition) is 5. The predicted molar refractivity (Wildman–Crippen MR) is 76.8 cm³/mol. The number of carbonyl (C=O) groups excluding carboxylic acids is 1. The Balaban J connectivity index is 2.42. The molecule has 7 heteroatoms. The van der Waals surface area contributed by atoms with Crippen LogP contribution in [0.4, 0.5) is 10.5 Å². The van der Waals surface area contributed by atoms with Crippen molar-refractivity contribution < 1.29 is 9.53 Å². The van der Waals surface area contributed by atoms with Crippen molar-refractivity contribution in [2.45, 2.75) is 26.4 Å². The van der Waals surface area contributed by atoms with Crippen molar-refractivity contribution >= 4 is 11.8 Å². The monoisotopic (exact) mass is 282 g/mol. The topological polar surface area (TPSA) is 76.5 Å². The van der Waals surface area contributed by atoms with E-state index in [-0.39, 0.29) is 11.7 Å². The summed E-state index contributed by atoms with van der Waals surface area (Å²) in [5.41, 5.74) is -0.0601. The van der Waals surface area contributed by atoms with Crippen LogP contribution in [0.1, 0.15) is 20.8 Å². The fourth-order valence-corrected chi connectivity index (χ4v) is 1.37. The van der Waals surface area contributed by atoms with Crippen LogP contribution >= 0.6 is 0 Å². The molecule has 0 aliphatic rings. The van der Waals surface area contributed by atoms with E-state index in [1.807, 2.05) is 20.8 Å². The molecule has 0 saturated carbocycles. The number of rotatable bonds is 4. The van der Waals surface area contributed by atoms with Gasteiger partial charge in [0.1, 0.15) is 5.60 Å². The van der Waals surface area contributed by atoms with E-state index >= 15 is 0 Å². The smallest absolute Gasteiger partial charge is 0.410 e. The van der Waals surface area contributed by atoms with Crippen molar-refractivity contribution in [3.63, 3.8) is 0 Å². The summed E-state index contributed by atoms with van der Waals surface area (Å²) in [5.74, 6) is 0. The second kappa shape index (κ2) is 6.40. The van der Waals surface area contributed by atoms with Crippen LogP contribution in [0.25, 0.3) is 0 Å². The van der Waals surface area contributed by atoms with Crippen molar-refractivity contribution in [2.24, 2.45) is 7.05 Å². The summed E-state index contributed by atoms with van der Waals surface area (Å²) in [7, 11) is 3.25. The van der Waals surface area contributed by atoms with Crippen LogP contribution in [-0.4, -0.2) is 46.5 Å². The standard InChI is InChI=1S/C13H22N4O3/c1-13(2,3)20-12(19)16(4)7-6-14-10-8-11(18)17(5)15-9-10/h8-9,14H,6-7H2,1-5H3. The number of likely N-dealkylation sites (N-methyl/N-ethyl adjacent to an activating group) is 1. The Kier molecular flexibility index (Phi) is 5.12. The highest BCUT2D eigenvalue weighted by Crippen LogP contribution is 2.08. The van der Waals surface area contributed by atoms with Gasteiger partial charge in [-0.15, -0.1) is 0 Å². The fourth-order valence-electron chi connectivity index (χ4n) is 1.37. The van der Waals surface area contributed by atoms with E-state index in [9.17, 15) is 9.59 Å². The molecule has 0 unspecified atom stereocenters. The lowest BCUT2D eigenvalue weighted by molar-refractivity contribution is 0.0305. The van der Waals surface area contributed by atoms with E-state index in [0.29, 0.717) is 18.8 Å². The van der Waals surface area contributed by atoms with E-state index in [4.69, 9.17) is 4.74 Å². The van der Waals surface area contributed by atoms with Crippen molar-refractivity contribution in [1.82, 2.24) is 14.7 Å². The number of carbonyl (C=O) groups is 1. The maximum atomic E-state index is 11.7.